The van der Waals surface area contributed by atoms with Crippen molar-refractivity contribution in [2.75, 3.05) is 13.7 Å². The summed E-state index contributed by atoms with van der Waals surface area (Å²) in [6, 6.07) is -0.199. The lowest BCUT2D eigenvalue weighted by Crippen LogP contribution is -2.44. The highest BCUT2D eigenvalue weighted by Crippen LogP contribution is 2.38. The van der Waals surface area contributed by atoms with Crippen LogP contribution in [0.5, 0.6) is 0 Å². The van der Waals surface area contributed by atoms with Crippen molar-refractivity contribution in [1.29, 1.82) is 0 Å². The molecule has 0 spiro atoms. The maximum Gasteiger partial charge on any atom is 0.322 e. The number of carbonyl (C=O) groups is 1. The van der Waals surface area contributed by atoms with Crippen LogP contribution in [-0.4, -0.2) is 40.1 Å². The summed E-state index contributed by atoms with van der Waals surface area (Å²) in [5, 5.41) is 3.36. The van der Waals surface area contributed by atoms with E-state index < -0.39 is 8.32 Å². The molecule has 1 aliphatic heterocycles. The number of hydrogen-bond acceptors (Lipinski definition) is 4. The molecule has 100 valence electrons. The average molecular weight is 259 g/mol. The van der Waals surface area contributed by atoms with Gasteiger partial charge in [-0.1, -0.05) is 20.8 Å². The molecule has 1 saturated heterocycles. The largest absolute Gasteiger partial charge is 0.468 e. The highest BCUT2D eigenvalue weighted by Gasteiger charge is 2.41. The van der Waals surface area contributed by atoms with Gasteiger partial charge in [0.2, 0.25) is 0 Å². The highest BCUT2D eigenvalue weighted by atomic mass is 28.4. The number of methoxy groups -OCH3 is 1. The van der Waals surface area contributed by atoms with Crippen LogP contribution in [0.25, 0.3) is 0 Å². The summed E-state index contributed by atoms with van der Waals surface area (Å²) in [4.78, 5) is 11.4. The molecule has 2 unspecified atom stereocenters. The van der Waals surface area contributed by atoms with E-state index in [4.69, 9.17) is 9.16 Å². The second-order valence-corrected chi connectivity index (χ2v) is 11.0. The van der Waals surface area contributed by atoms with Gasteiger partial charge in [-0.3, -0.25) is 4.79 Å². The standard InChI is InChI=1S/C12H25NO3Si/c1-12(2,3)17(5,6)16-9-7-10(13-8-9)11(14)15-4/h9-10,13H,7-8H2,1-6H3. The molecule has 0 bridgehead atoms. The van der Waals surface area contributed by atoms with Crippen molar-refractivity contribution in [3.05, 3.63) is 0 Å². The van der Waals surface area contributed by atoms with Crippen LogP contribution in [0.1, 0.15) is 27.2 Å². The van der Waals surface area contributed by atoms with Crippen molar-refractivity contribution >= 4 is 14.3 Å². The second-order valence-electron chi connectivity index (χ2n) is 6.22. The minimum absolute atomic E-state index is 0.139. The van der Waals surface area contributed by atoms with Gasteiger partial charge in [0.15, 0.2) is 8.32 Å². The van der Waals surface area contributed by atoms with Gasteiger partial charge in [0.05, 0.1) is 13.2 Å². The Morgan fingerprint density at radius 2 is 1.94 bits per heavy atom. The molecule has 1 fully saturated rings. The normalized spacial score (nSPS) is 26.0. The van der Waals surface area contributed by atoms with Gasteiger partial charge in [0.1, 0.15) is 6.04 Å². The van der Waals surface area contributed by atoms with Crippen LogP contribution in [0.2, 0.25) is 18.1 Å². The zero-order valence-corrected chi connectivity index (χ0v) is 12.8. The fraction of sp³-hybridized carbons (Fsp3) is 0.917. The van der Waals surface area contributed by atoms with E-state index in [0.717, 1.165) is 13.0 Å². The molecule has 0 aromatic carbocycles. The first-order valence-electron chi connectivity index (χ1n) is 6.16. The zero-order chi connectivity index (χ0) is 13.3. The van der Waals surface area contributed by atoms with Crippen LogP contribution in [-0.2, 0) is 14.0 Å². The van der Waals surface area contributed by atoms with Gasteiger partial charge in [-0.15, -0.1) is 0 Å². The third-order valence-corrected chi connectivity index (χ3v) is 8.38. The number of hydrogen-bond donors (Lipinski definition) is 1. The Hall–Kier alpha value is -0.393. The summed E-state index contributed by atoms with van der Waals surface area (Å²) >= 11 is 0. The van der Waals surface area contributed by atoms with Gasteiger partial charge >= 0.3 is 5.97 Å². The van der Waals surface area contributed by atoms with Gasteiger partial charge in [-0.2, -0.15) is 0 Å². The van der Waals surface area contributed by atoms with E-state index in [1.54, 1.807) is 0 Å². The summed E-state index contributed by atoms with van der Waals surface area (Å²) in [5.41, 5.74) is 0. The summed E-state index contributed by atoms with van der Waals surface area (Å²) in [7, 11) is -0.314. The number of ether oxygens (including phenoxy) is 1. The molecule has 5 heteroatoms. The molecule has 1 heterocycles. The Bertz CT molecular complexity index is 286. The first-order chi connectivity index (χ1) is 7.67. The molecule has 0 aliphatic carbocycles. The zero-order valence-electron chi connectivity index (χ0n) is 11.8. The molecule has 0 saturated carbocycles. The minimum atomic E-state index is -1.74. The fourth-order valence-corrected chi connectivity index (χ4v) is 3.07. The van der Waals surface area contributed by atoms with Crippen molar-refractivity contribution in [2.24, 2.45) is 0 Å². The SMILES string of the molecule is COC(=O)C1CC(O[Si](C)(C)C(C)(C)C)CN1. The van der Waals surface area contributed by atoms with Crippen molar-refractivity contribution in [2.45, 2.75) is 57.5 Å². The fourth-order valence-electron chi connectivity index (χ4n) is 1.71. The number of nitrogens with one attached hydrogen (secondary N) is 1. The van der Waals surface area contributed by atoms with Crippen LogP contribution in [0, 0.1) is 0 Å². The van der Waals surface area contributed by atoms with E-state index in [1.165, 1.54) is 7.11 Å². The summed E-state index contributed by atoms with van der Waals surface area (Å²) < 4.78 is 11.0. The van der Waals surface area contributed by atoms with Crippen molar-refractivity contribution in [3.8, 4) is 0 Å². The first kappa shape index (κ1) is 14.7. The molecule has 0 aromatic rings. The maximum absolute atomic E-state index is 11.4. The Morgan fingerprint density at radius 3 is 2.41 bits per heavy atom. The smallest absolute Gasteiger partial charge is 0.322 e. The lowest BCUT2D eigenvalue weighted by molar-refractivity contribution is -0.142. The molecule has 1 N–H and O–H groups in total. The lowest BCUT2D eigenvalue weighted by atomic mass is 10.2. The summed E-state index contributed by atoms with van der Waals surface area (Å²) in [6.45, 7) is 11.9. The Labute approximate surface area is 105 Å². The topological polar surface area (TPSA) is 47.6 Å². The third kappa shape index (κ3) is 3.53. The van der Waals surface area contributed by atoms with Gasteiger partial charge in [0, 0.05) is 6.54 Å². The quantitative estimate of drug-likeness (QED) is 0.621. The van der Waals surface area contributed by atoms with Crippen LogP contribution in [0.15, 0.2) is 0 Å². The van der Waals surface area contributed by atoms with E-state index in [2.05, 4.69) is 39.2 Å². The number of carbonyl (C=O) groups excluding carboxylic acids is 1. The van der Waals surface area contributed by atoms with Crippen LogP contribution in [0.3, 0.4) is 0 Å². The van der Waals surface area contributed by atoms with Crippen molar-refractivity contribution in [1.82, 2.24) is 5.32 Å². The Morgan fingerprint density at radius 1 is 1.35 bits per heavy atom. The predicted octanol–water partition coefficient (Wildman–Crippen LogP) is 1.91. The molecule has 0 radical (unpaired) electrons. The van der Waals surface area contributed by atoms with Crippen LogP contribution >= 0.6 is 0 Å². The minimum Gasteiger partial charge on any atom is -0.468 e. The molecule has 0 amide bonds. The van der Waals surface area contributed by atoms with Gasteiger partial charge < -0.3 is 14.5 Å². The van der Waals surface area contributed by atoms with E-state index in [0.29, 0.717) is 0 Å². The number of esters is 1. The monoisotopic (exact) mass is 259 g/mol. The molecular formula is C12H25NO3Si. The number of rotatable bonds is 3. The molecule has 1 rings (SSSR count). The lowest BCUT2D eigenvalue weighted by Gasteiger charge is -2.38. The summed E-state index contributed by atoms with van der Waals surface area (Å²) in [5.74, 6) is -0.189. The van der Waals surface area contributed by atoms with Crippen molar-refractivity contribution in [3.63, 3.8) is 0 Å². The van der Waals surface area contributed by atoms with E-state index in [9.17, 15) is 4.79 Å². The van der Waals surface area contributed by atoms with E-state index in [-0.39, 0.29) is 23.2 Å². The Balaban J connectivity index is 2.53. The second kappa shape index (κ2) is 5.08. The van der Waals surface area contributed by atoms with E-state index in [1.807, 2.05) is 0 Å². The maximum atomic E-state index is 11.4. The highest BCUT2D eigenvalue weighted by molar-refractivity contribution is 6.74. The molecule has 17 heavy (non-hydrogen) atoms. The molecule has 0 aromatic heterocycles. The first-order valence-corrected chi connectivity index (χ1v) is 9.07. The molecule has 1 aliphatic rings. The Kier molecular flexibility index (Phi) is 4.38. The van der Waals surface area contributed by atoms with Crippen molar-refractivity contribution < 1.29 is 14.0 Å². The van der Waals surface area contributed by atoms with Crippen LogP contribution < -0.4 is 5.32 Å². The predicted molar refractivity (Wildman–Crippen MR) is 70.5 cm³/mol. The third-order valence-electron chi connectivity index (χ3n) is 3.84. The van der Waals surface area contributed by atoms with Gasteiger partial charge in [-0.25, -0.2) is 0 Å². The van der Waals surface area contributed by atoms with Gasteiger partial charge in [0.25, 0.3) is 0 Å². The van der Waals surface area contributed by atoms with E-state index >= 15 is 0 Å². The van der Waals surface area contributed by atoms with Gasteiger partial charge in [-0.05, 0) is 24.6 Å². The average Bonchev–Trinajstić information content (AvgIpc) is 2.62. The van der Waals surface area contributed by atoms with Crippen LogP contribution in [0.4, 0.5) is 0 Å². The molecule has 4 nitrogen and oxygen atoms in total. The molecule has 2 atom stereocenters. The molecular weight excluding hydrogens is 234 g/mol. The summed E-state index contributed by atoms with van der Waals surface area (Å²) in [6.07, 6.45) is 0.860.